The summed E-state index contributed by atoms with van der Waals surface area (Å²) in [5, 5.41) is 6.29. The summed E-state index contributed by atoms with van der Waals surface area (Å²) in [5.74, 6) is 2.09. The van der Waals surface area contributed by atoms with Gasteiger partial charge in [0.25, 0.3) is 0 Å². The fourth-order valence-electron chi connectivity index (χ4n) is 3.45. The molecule has 0 saturated heterocycles. The van der Waals surface area contributed by atoms with Crippen molar-refractivity contribution in [2.24, 2.45) is 4.99 Å². The van der Waals surface area contributed by atoms with Gasteiger partial charge in [0, 0.05) is 19.3 Å². The van der Waals surface area contributed by atoms with Crippen LogP contribution in [0.15, 0.2) is 53.5 Å². The van der Waals surface area contributed by atoms with Gasteiger partial charge >= 0.3 is 0 Å². The third kappa shape index (κ3) is 4.92. The number of para-hydroxylation sites is 3. The van der Waals surface area contributed by atoms with Gasteiger partial charge in [0.1, 0.15) is 12.7 Å². The molecular formula is C21H25IN4O3. The Morgan fingerprint density at radius 2 is 1.90 bits per heavy atom. The van der Waals surface area contributed by atoms with Gasteiger partial charge in [-0.15, -0.1) is 24.0 Å². The molecule has 2 aliphatic rings. The van der Waals surface area contributed by atoms with Crippen LogP contribution in [0.4, 0.5) is 5.69 Å². The summed E-state index contributed by atoms with van der Waals surface area (Å²) in [6, 6.07) is 15.6. The molecule has 29 heavy (non-hydrogen) atoms. The lowest BCUT2D eigenvalue weighted by atomic mass is 10.2. The van der Waals surface area contributed by atoms with Crippen LogP contribution < -0.4 is 25.0 Å². The maximum Gasteiger partial charge on any atom is 0.246 e. The third-order valence-corrected chi connectivity index (χ3v) is 4.88. The first-order valence-corrected chi connectivity index (χ1v) is 9.46. The van der Waals surface area contributed by atoms with Gasteiger partial charge in [-0.2, -0.15) is 0 Å². The average Bonchev–Trinajstić information content (AvgIpc) is 3.18. The third-order valence-electron chi connectivity index (χ3n) is 4.88. The van der Waals surface area contributed by atoms with Crippen molar-refractivity contribution in [3.63, 3.8) is 0 Å². The Morgan fingerprint density at radius 3 is 2.72 bits per heavy atom. The molecule has 0 aliphatic carbocycles. The SMILES string of the molecule is CN=C(NCC(=O)N1CCc2ccccc21)NCC1COc2ccccc2O1.I. The fourth-order valence-corrected chi connectivity index (χ4v) is 3.45. The predicted molar refractivity (Wildman–Crippen MR) is 124 cm³/mol. The van der Waals surface area contributed by atoms with E-state index in [2.05, 4.69) is 21.7 Å². The Hall–Kier alpha value is -2.49. The summed E-state index contributed by atoms with van der Waals surface area (Å²) < 4.78 is 11.6. The number of hydrogen-bond donors (Lipinski definition) is 2. The van der Waals surface area contributed by atoms with Crippen molar-refractivity contribution < 1.29 is 14.3 Å². The predicted octanol–water partition coefficient (Wildman–Crippen LogP) is 2.20. The number of nitrogens with zero attached hydrogens (tertiary/aromatic N) is 2. The van der Waals surface area contributed by atoms with Gasteiger partial charge in [0.15, 0.2) is 17.5 Å². The number of carbonyl (C=O) groups is 1. The number of fused-ring (bicyclic) bond motifs is 2. The maximum atomic E-state index is 12.6. The highest BCUT2D eigenvalue weighted by Gasteiger charge is 2.24. The number of rotatable bonds is 4. The number of benzene rings is 2. The Kier molecular flexibility index (Phi) is 7.18. The van der Waals surface area contributed by atoms with Crippen LogP contribution in [0.3, 0.4) is 0 Å². The van der Waals surface area contributed by atoms with Crippen LogP contribution in [0.5, 0.6) is 11.5 Å². The first kappa shape index (κ1) is 21.2. The van der Waals surface area contributed by atoms with Crippen LogP contribution in [-0.4, -0.2) is 51.3 Å². The van der Waals surface area contributed by atoms with Gasteiger partial charge in [-0.05, 0) is 30.2 Å². The van der Waals surface area contributed by atoms with E-state index in [-0.39, 0.29) is 42.5 Å². The second kappa shape index (κ2) is 9.82. The number of nitrogens with one attached hydrogen (secondary N) is 2. The summed E-state index contributed by atoms with van der Waals surface area (Å²) in [6.45, 7) is 1.89. The van der Waals surface area contributed by atoms with Crippen LogP contribution in [0.25, 0.3) is 0 Å². The molecule has 1 unspecified atom stereocenters. The standard InChI is InChI=1S/C21H24N4O3.HI/c1-22-21(23-12-16-14-27-18-8-4-5-9-19(18)28-16)24-13-20(26)25-11-10-15-6-2-3-7-17(15)25;/h2-9,16H,10-14H2,1H3,(H2,22,23,24);1H. The highest BCUT2D eigenvalue weighted by molar-refractivity contribution is 14.0. The Balaban J connectivity index is 0.00000240. The lowest BCUT2D eigenvalue weighted by Crippen LogP contribution is -2.48. The summed E-state index contributed by atoms with van der Waals surface area (Å²) in [5.41, 5.74) is 2.22. The Labute approximate surface area is 187 Å². The van der Waals surface area contributed by atoms with Crippen molar-refractivity contribution >= 4 is 41.5 Å². The van der Waals surface area contributed by atoms with Gasteiger partial charge in [-0.3, -0.25) is 9.79 Å². The van der Waals surface area contributed by atoms with E-state index in [9.17, 15) is 4.79 Å². The van der Waals surface area contributed by atoms with E-state index in [0.717, 1.165) is 30.2 Å². The molecule has 2 aromatic rings. The first-order valence-electron chi connectivity index (χ1n) is 9.46. The van der Waals surface area contributed by atoms with E-state index in [4.69, 9.17) is 9.47 Å². The molecule has 2 aromatic carbocycles. The number of hydrogen-bond acceptors (Lipinski definition) is 4. The highest BCUT2D eigenvalue weighted by atomic mass is 127. The second-order valence-corrected chi connectivity index (χ2v) is 6.73. The molecule has 8 heteroatoms. The van der Waals surface area contributed by atoms with E-state index in [1.807, 2.05) is 47.4 Å². The lowest BCUT2D eigenvalue weighted by Gasteiger charge is -2.27. The van der Waals surface area contributed by atoms with E-state index < -0.39 is 0 Å². The summed E-state index contributed by atoms with van der Waals surface area (Å²) in [6.07, 6.45) is 0.768. The van der Waals surface area contributed by atoms with E-state index >= 15 is 0 Å². The quantitative estimate of drug-likeness (QED) is 0.377. The van der Waals surface area contributed by atoms with Gasteiger partial charge in [-0.25, -0.2) is 0 Å². The van der Waals surface area contributed by atoms with Gasteiger partial charge < -0.3 is 25.0 Å². The van der Waals surface area contributed by atoms with Crippen molar-refractivity contribution in [3.8, 4) is 11.5 Å². The molecule has 2 N–H and O–H groups in total. The molecule has 0 bridgehead atoms. The van der Waals surface area contributed by atoms with E-state index in [0.29, 0.717) is 19.1 Å². The van der Waals surface area contributed by atoms with Crippen molar-refractivity contribution in [2.45, 2.75) is 12.5 Å². The normalized spacial score (nSPS) is 17.2. The number of carbonyl (C=O) groups excluding carboxylic acids is 1. The van der Waals surface area contributed by atoms with Crippen molar-refractivity contribution in [3.05, 3.63) is 54.1 Å². The zero-order chi connectivity index (χ0) is 19.3. The van der Waals surface area contributed by atoms with Crippen molar-refractivity contribution in [1.82, 2.24) is 10.6 Å². The van der Waals surface area contributed by atoms with Gasteiger partial charge in [0.2, 0.25) is 5.91 Å². The molecular weight excluding hydrogens is 483 g/mol. The first-order chi connectivity index (χ1) is 13.7. The zero-order valence-corrected chi connectivity index (χ0v) is 18.6. The summed E-state index contributed by atoms with van der Waals surface area (Å²) in [7, 11) is 1.68. The van der Waals surface area contributed by atoms with Gasteiger partial charge in [-0.1, -0.05) is 30.3 Å². The number of anilines is 1. The molecule has 0 aromatic heterocycles. The molecule has 2 aliphatic heterocycles. The largest absolute Gasteiger partial charge is 0.486 e. The van der Waals surface area contributed by atoms with Crippen LogP contribution in [0.1, 0.15) is 5.56 Å². The molecule has 4 rings (SSSR count). The van der Waals surface area contributed by atoms with E-state index in [1.165, 1.54) is 5.56 Å². The molecule has 1 amide bonds. The topological polar surface area (TPSA) is 75.2 Å². The number of halogens is 1. The summed E-state index contributed by atoms with van der Waals surface area (Å²) >= 11 is 0. The molecule has 154 valence electrons. The molecule has 2 heterocycles. The monoisotopic (exact) mass is 508 g/mol. The molecule has 7 nitrogen and oxygen atoms in total. The minimum absolute atomic E-state index is 0. The number of amides is 1. The maximum absolute atomic E-state index is 12.6. The molecule has 0 spiro atoms. The smallest absolute Gasteiger partial charge is 0.246 e. The zero-order valence-electron chi connectivity index (χ0n) is 16.3. The van der Waals surface area contributed by atoms with Crippen LogP contribution >= 0.6 is 24.0 Å². The Bertz CT molecular complexity index is 890. The number of guanidine groups is 1. The Morgan fingerprint density at radius 1 is 1.14 bits per heavy atom. The van der Waals surface area contributed by atoms with Crippen molar-refractivity contribution in [2.75, 3.05) is 38.2 Å². The van der Waals surface area contributed by atoms with Crippen LogP contribution in [0, 0.1) is 0 Å². The second-order valence-electron chi connectivity index (χ2n) is 6.73. The molecule has 0 fully saturated rings. The fraction of sp³-hybridized carbons (Fsp3) is 0.333. The van der Waals surface area contributed by atoms with Crippen LogP contribution in [0.2, 0.25) is 0 Å². The summed E-state index contributed by atoms with van der Waals surface area (Å²) in [4.78, 5) is 18.6. The average molecular weight is 508 g/mol. The molecule has 0 saturated carbocycles. The van der Waals surface area contributed by atoms with Crippen molar-refractivity contribution in [1.29, 1.82) is 0 Å². The van der Waals surface area contributed by atoms with Gasteiger partial charge in [0.05, 0.1) is 13.1 Å². The highest BCUT2D eigenvalue weighted by Crippen LogP contribution is 2.30. The lowest BCUT2D eigenvalue weighted by molar-refractivity contribution is -0.117. The van der Waals surface area contributed by atoms with Crippen LogP contribution in [-0.2, 0) is 11.2 Å². The number of aliphatic imine (C=N–C) groups is 1. The minimum atomic E-state index is -0.130. The van der Waals surface area contributed by atoms with E-state index in [1.54, 1.807) is 7.05 Å². The minimum Gasteiger partial charge on any atom is -0.486 e. The number of ether oxygens (including phenoxy) is 2. The molecule has 0 radical (unpaired) electrons. The molecule has 1 atom stereocenters.